The monoisotopic (exact) mass is 253 g/mol. The lowest BCUT2D eigenvalue weighted by molar-refractivity contribution is -0.117. The summed E-state index contributed by atoms with van der Waals surface area (Å²) in [6.45, 7) is 3.37. The van der Waals surface area contributed by atoms with Gasteiger partial charge >= 0.3 is 0 Å². The molecule has 0 atom stereocenters. The highest BCUT2D eigenvalue weighted by Gasteiger charge is 2.18. The molecule has 1 aliphatic rings. The fourth-order valence-electron chi connectivity index (χ4n) is 2.11. The van der Waals surface area contributed by atoms with Crippen LogP contribution in [0.1, 0.15) is 49.2 Å². The zero-order valence-electron chi connectivity index (χ0n) is 10.3. The zero-order chi connectivity index (χ0) is 12.1. The molecular weight excluding hydrogens is 234 g/mol. The van der Waals surface area contributed by atoms with Crippen LogP contribution in [-0.4, -0.2) is 24.0 Å². The van der Waals surface area contributed by atoms with Crippen molar-refractivity contribution in [2.24, 2.45) is 0 Å². The molecule has 94 valence electrons. The van der Waals surface area contributed by atoms with E-state index in [0.29, 0.717) is 12.3 Å². The Kier molecular flexibility index (Phi) is 4.68. The van der Waals surface area contributed by atoms with Gasteiger partial charge in [0.1, 0.15) is 5.78 Å². The molecule has 1 aromatic heterocycles. The fraction of sp³-hybridized carbons (Fsp3) is 0.692. The Bertz CT molecular complexity index is 369. The Morgan fingerprint density at radius 1 is 1.53 bits per heavy atom. The van der Waals surface area contributed by atoms with Gasteiger partial charge in [0.05, 0.1) is 10.7 Å². The van der Waals surface area contributed by atoms with Crippen LogP contribution in [0.2, 0.25) is 0 Å². The minimum Gasteiger partial charge on any atom is -0.381 e. The maximum absolute atomic E-state index is 10.9. The summed E-state index contributed by atoms with van der Waals surface area (Å²) in [6, 6.07) is 0. The minimum atomic E-state index is 0.270. The topological polar surface area (TPSA) is 39.2 Å². The van der Waals surface area contributed by atoms with E-state index in [9.17, 15) is 4.79 Å². The second kappa shape index (κ2) is 6.26. The van der Waals surface area contributed by atoms with Crippen molar-refractivity contribution >= 4 is 17.1 Å². The number of hydrogen-bond donors (Lipinski definition) is 0. The van der Waals surface area contributed by atoms with Crippen LogP contribution in [0.4, 0.5) is 0 Å². The van der Waals surface area contributed by atoms with Crippen LogP contribution >= 0.6 is 11.3 Å². The van der Waals surface area contributed by atoms with Crippen molar-refractivity contribution in [3.05, 3.63) is 16.1 Å². The standard InChI is InChI=1S/C13H19NO2S/c1-10(15)3-2-4-13-14-12(9-17-13)11-5-7-16-8-6-11/h9,11H,2-8H2,1H3. The molecule has 4 heteroatoms. The van der Waals surface area contributed by atoms with Gasteiger partial charge in [0.15, 0.2) is 0 Å². The smallest absolute Gasteiger partial charge is 0.129 e. The highest BCUT2D eigenvalue weighted by molar-refractivity contribution is 7.09. The molecule has 1 saturated heterocycles. The number of Topliss-reactive ketones (excluding diaryl/α,β-unsaturated/α-hetero) is 1. The van der Waals surface area contributed by atoms with Gasteiger partial charge in [-0.05, 0) is 32.6 Å². The minimum absolute atomic E-state index is 0.270. The molecule has 0 unspecified atom stereocenters. The largest absolute Gasteiger partial charge is 0.381 e. The van der Waals surface area contributed by atoms with Gasteiger partial charge in [-0.2, -0.15) is 0 Å². The van der Waals surface area contributed by atoms with Crippen molar-refractivity contribution in [3.8, 4) is 0 Å². The van der Waals surface area contributed by atoms with E-state index in [1.807, 2.05) is 0 Å². The molecule has 17 heavy (non-hydrogen) atoms. The normalized spacial score (nSPS) is 17.2. The first-order chi connectivity index (χ1) is 8.25. The summed E-state index contributed by atoms with van der Waals surface area (Å²) >= 11 is 1.73. The van der Waals surface area contributed by atoms with E-state index in [-0.39, 0.29) is 5.78 Å². The Balaban J connectivity index is 1.84. The summed E-state index contributed by atoms with van der Waals surface area (Å²) < 4.78 is 5.36. The van der Waals surface area contributed by atoms with Gasteiger partial charge in [0.25, 0.3) is 0 Å². The number of ketones is 1. The molecule has 0 radical (unpaired) electrons. The summed E-state index contributed by atoms with van der Waals surface area (Å²) in [5, 5.41) is 3.35. The molecule has 0 amide bonds. The highest BCUT2D eigenvalue weighted by atomic mass is 32.1. The number of nitrogens with zero attached hydrogens (tertiary/aromatic N) is 1. The van der Waals surface area contributed by atoms with Gasteiger partial charge in [-0.15, -0.1) is 11.3 Å². The zero-order valence-corrected chi connectivity index (χ0v) is 11.1. The van der Waals surface area contributed by atoms with Crippen LogP contribution in [0.3, 0.4) is 0 Å². The quantitative estimate of drug-likeness (QED) is 0.810. The van der Waals surface area contributed by atoms with Gasteiger partial charge < -0.3 is 9.53 Å². The molecule has 1 aromatic rings. The van der Waals surface area contributed by atoms with Gasteiger partial charge in [-0.3, -0.25) is 0 Å². The van der Waals surface area contributed by atoms with E-state index < -0.39 is 0 Å². The van der Waals surface area contributed by atoms with Crippen LogP contribution in [0.5, 0.6) is 0 Å². The first-order valence-corrected chi connectivity index (χ1v) is 7.15. The Labute approximate surface area is 106 Å². The summed E-state index contributed by atoms with van der Waals surface area (Å²) in [6.07, 6.45) is 4.73. The number of carbonyl (C=O) groups excluding carboxylic acids is 1. The van der Waals surface area contributed by atoms with E-state index in [2.05, 4.69) is 10.4 Å². The average Bonchev–Trinajstić information content (AvgIpc) is 2.78. The van der Waals surface area contributed by atoms with Crippen LogP contribution in [0.25, 0.3) is 0 Å². The van der Waals surface area contributed by atoms with E-state index in [4.69, 9.17) is 4.74 Å². The van der Waals surface area contributed by atoms with Crippen molar-refractivity contribution in [2.75, 3.05) is 13.2 Å². The molecule has 0 aliphatic carbocycles. The maximum atomic E-state index is 10.9. The second-order valence-electron chi connectivity index (χ2n) is 4.61. The fourth-order valence-corrected chi connectivity index (χ4v) is 3.03. The van der Waals surface area contributed by atoms with Crippen molar-refractivity contribution in [2.45, 2.75) is 44.9 Å². The summed E-state index contributed by atoms with van der Waals surface area (Å²) in [7, 11) is 0. The van der Waals surface area contributed by atoms with Crippen molar-refractivity contribution < 1.29 is 9.53 Å². The summed E-state index contributed by atoms with van der Waals surface area (Å²) in [5.74, 6) is 0.854. The van der Waals surface area contributed by atoms with Crippen LogP contribution < -0.4 is 0 Å². The van der Waals surface area contributed by atoms with Gasteiger partial charge in [-0.1, -0.05) is 0 Å². The van der Waals surface area contributed by atoms with Crippen LogP contribution in [-0.2, 0) is 16.0 Å². The number of thiazole rings is 1. The molecule has 2 heterocycles. The molecule has 3 nitrogen and oxygen atoms in total. The number of carbonyl (C=O) groups is 1. The lowest BCUT2D eigenvalue weighted by Gasteiger charge is -2.19. The first kappa shape index (κ1) is 12.7. The van der Waals surface area contributed by atoms with Crippen molar-refractivity contribution in [1.29, 1.82) is 0 Å². The molecule has 0 spiro atoms. The third-order valence-electron chi connectivity index (χ3n) is 3.13. The third-order valence-corrected chi connectivity index (χ3v) is 4.06. The van der Waals surface area contributed by atoms with E-state index in [1.165, 1.54) is 10.7 Å². The van der Waals surface area contributed by atoms with Crippen LogP contribution in [0.15, 0.2) is 5.38 Å². The van der Waals surface area contributed by atoms with E-state index >= 15 is 0 Å². The van der Waals surface area contributed by atoms with Gasteiger partial charge in [0.2, 0.25) is 0 Å². The average molecular weight is 253 g/mol. The molecule has 0 bridgehead atoms. The maximum Gasteiger partial charge on any atom is 0.129 e. The number of ether oxygens (including phenoxy) is 1. The van der Waals surface area contributed by atoms with Crippen molar-refractivity contribution in [3.63, 3.8) is 0 Å². The summed E-state index contributed by atoms with van der Waals surface area (Å²) in [5.41, 5.74) is 1.23. The number of rotatable bonds is 5. The lowest BCUT2D eigenvalue weighted by Crippen LogP contribution is -2.14. The Morgan fingerprint density at radius 2 is 2.29 bits per heavy atom. The third kappa shape index (κ3) is 3.89. The number of aryl methyl sites for hydroxylation is 1. The second-order valence-corrected chi connectivity index (χ2v) is 5.55. The SMILES string of the molecule is CC(=O)CCCc1nc(C2CCOCC2)cs1. The van der Waals surface area contributed by atoms with Gasteiger partial charge in [-0.25, -0.2) is 4.98 Å². The number of hydrogen-bond acceptors (Lipinski definition) is 4. The van der Waals surface area contributed by atoms with E-state index in [0.717, 1.165) is 38.9 Å². The van der Waals surface area contributed by atoms with E-state index in [1.54, 1.807) is 18.3 Å². The molecular formula is C13H19NO2S. The molecule has 1 fully saturated rings. The lowest BCUT2D eigenvalue weighted by atomic mass is 9.97. The van der Waals surface area contributed by atoms with Crippen molar-refractivity contribution in [1.82, 2.24) is 4.98 Å². The van der Waals surface area contributed by atoms with Crippen LogP contribution in [0, 0.1) is 0 Å². The molecule has 0 saturated carbocycles. The molecule has 2 rings (SSSR count). The highest BCUT2D eigenvalue weighted by Crippen LogP contribution is 2.28. The molecule has 1 aliphatic heterocycles. The predicted octanol–water partition coefficient (Wildman–Crippen LogP) is 2.95. The summed E-state index contributed by atoms with van der Waals surface area (Å²) in [4.78, 5) is 15.5. The van der Waals surface area contributed by atoms with Gasteiger partial charge in [0, 0.05) is 30.9 Å². The Morgan fingerprint density at radius 3 is 3.00 bits per heavy atom. The predicted molar refractivity (Wildman–Crippen MR) is 68.5 cm³/mol. The molecule has 0 N–H and O–H groups in total. The Hall–Kier alpha value is -0.740. The first-order valence-electron chi connectivity index (χ1n) is 6.27. The molecule has 0 aromatic carbocycles. The number of aromatic nitrogens is 1.